The van der Waals surface area contributed by atoms with E-state index in [0.717, 1.165) is 24.3 Å². The fourth-order valence-corrected chi connectivity index (χ4v) is 7.27. The fraction of sp³-hybridized carbons (Fsp3) is 0.500. The topological polar surface area (TPSA) is 266 Å². The van der Waals surface area contributed by atoms with Gasteiger partial charge in [0.15, 0.2) is 0 Å². The molecular weight excluding hydrogens is 665 g/mol. The van der Waals surface area contributed by atoms with Crippen molar-refractivity contribution in [3.8, 4) is 11.5 Å². The summed E-state index contributed by atoms with van der Waals surface area (Å²) >= 11 is 0. The van der Waals surface area contributed by atoms with Gasteiger partial charge in [-0.25, -0.2) is 33.7 Å². The van der Waals surface area contributed by atoms with Crippen molar-refractivity contribution in [1.29, 1.82) is 0 Å². The first-order valence-corrected chi connectivity index (χ1v) is 19.9. The summed E-state index contributed by atoms with van der Waals surface area (Å²) < 4.78 is 109. The number of hydrogen-bond acceptors (Lipinski definition) is 12. The van der Waals surface area contributed by atoms with Crippen molar-refractivity contribution in [3.05, 3.63) is 35.4 Å². The quantitative estimate of drug-likeness (QED) is 0.136. The Kier molecular flexibility index (Phi) is 10.3. The molecule has 1 fully saturated rings. The maximum atomic E-state index is 12.5. The maximum absolute atomic E-state index is 12.5. The molecule has 0 aliphatic heterocycles. The van der Waals surface area contributed by atoms with Gasteiger partial charge >= 0.3 is 0 Å². The third-order valence-electron chi connectivity index (χ3n) is 7.05. The second-order valence-corrected chi connectivity index (χ2v) is 18.0. The number of aromatic hydroxyl groups is 2. The highest BCUT2D eigenvalue weighted by molar-refractivity contribution is 7.93. The minimum Gasteiger partial charge on any atom is -0.508 e. The van der Waals surface area contributed by atoms with Crippen LogP contribution in [0, 0.1) is 0 Å². The molecule has 0 amide bonds. The first-order chi connectivity index (χ1) is 20.2. The number of rotatable bonds is 14. The van der Waals surface area contributed by atoms with Crippen LogP contribution in [0.3, 0.4) is 0 Å². The zero-order chi connectivity index (χ0) is 33.4. The summed E-state index contributed by atoms with van der Waals surface area (Å²) in [5.74, 6) is -5.71. The van der Waals surface area contributed by atoms with E-state index in [2.05, 4.69) is 18.9 Å². The smallest absolute Gasteiger partial charge is 0.232 e. The van der Waals surface area contributed by atoms with Gasteiger partial charge < -0.3 is 20.4 Å². The zero-order valence-electron chi connectivity index (χ0n) is 24.1. The van der Waals surface area contributed by atoms with Crippen LogP contribution in [-0.4, -0.2) is 89.3 Å². The lowest BCUT2D eigenvalue weighted by molar-refractivity contribution is -0.0776. The van der Waals surface area contributed by atoms with E-state index in [9.17, 15) is 54.1 Å². The van der Waals surface area contributed by atoms with Crippen molar-refractivity contribution in [1.82, 2.24) is 0 Å². The van der Waals surface area contributed by atoms with Crippen LogP contribution >= 0.6 is 0 Å². The number of sulfonamides is 4. The minimum absolute atomic E-state index is 0.238. The second-order valence-electron chi connectivity index (χ2n) is 9.96. The molecule has 0 heterocycles. The summed E-state index contributed by atoms with van der Waals surface area (Å²) in [6.07, 6.45) is -3.44. The molecule has 2 aromatic carbocycles. The van der Waals surface area contributed by atoms with Crippen molar-refractivity contribution in [3.63, 3.8) is 0 Å². The number of benzene rings is 2. The molecule has 1 aliphatic carbocycles. The Balaban J connectivity index is 2.28. The molecule has 8 N–H and O–H groups in total. The van der Waals surface area contributed by atoms with E-state index >= 15 is 0 Å². The van der Waals surface area contributed by atoms with Crippen LogP contribution in [0.25, 0.3) is 0 Å². The predicted molar refractivity (Wildman–Crippen MR) is 166 cm³/mol. The van der Waals surface area contributed by atoms with Crippen molar-refractivity contribution < 1.29 is 54.1 Å². The molecule has 0 aromatic heterocycles. The predicted octanol–water partition coefficient (Wildman–Crippen LogP) is 0.747. The molecule has 2 aromatic rings. The number of hydrogen-bond donors (Lipinski definition) is 8. The summed E-state index contributed by atoms with van der Waals surface area (Å²) in [5, 5.41) is 43.6. The van der Waals surface area contributed by atoms with Crippen molar-refractivity contribution in [2.75, 3.05) is 41.9 Å². The van der Waals surface area contributed by atoms with Gasteiger partial charge in [-0.15, -0.1) is 0 Å². The van der Waals surface area contributed by atoms with Crippen LogP contribution in [-0.2, 0) is 40.1 Å². The Morgan fingerprint density at radius 1 is 0.500 bits per heavy atom. The SMILES string of the molecule is CCS(=O)(=O)Nc1cc(O)cc(NS(=O)(=O)CC)c1C1C(O)C(c2c(NS(=O)(=O)CC)cc(O)cc2NS(=O)(=O)CC)C1O. The monoisotopic (exact) mass is 700 g/mol. The highest BCUT2D eigenvalue weighted by Crippen LogP contribution is 2.56. The molecule has 0 atom stereocenters. The Bertz CT molecular complexity index is 1590. The number of anilines is 4. The molecule has 16 nitrogen and oxygen atoms in total. The van der Waals surface area contributed by atoms with Gasteiger partial charge in [-0.05, 0) is 27.7 Å². The molecule has 248 valence electrons. The van der Waals surface area contributed by atoms with Gasteiger partial charge in [-0.1, -0.05) is 0 Å². The second kappa shape index (κ2) is 12.8. The number of phenols is 2. The van der Waals surface area contributed by atoms with Gasteiger partial charge in [0.1, 0.15) is 11.5 Å². The molecule has 3 rings (SSSR count). The van der Waals surface area contributed by atoms with E-state index in [1.54, 1.807) is 0 Å². The van der Waals surface area contributed by atoms with E-state index in [1.165, 1.54) is 27.7 Å². The molecular formula is C24H36N4O12S4. The first-order valence-electron chi connectivity index (χ1n) is 13.3. The standard InChI is InChI=1S/C24H36N4O12S4/c1-5-41(33,34)25-15-9-13(29)10-16(26-42(35,36)6-2)19(15)21-23(31)22(24(21)32)20-17(27-43(37,38)7-3)11-14(30)12-18(20)28-44(39,40)8-4/h9-12,21-32H,5-8H2,1-4H3. The van der Waals surface area contributed by atoms with Crippen molar-refractivity contribution >= 4 is 62.8 Å². The Morgan fingerprint density at radius 3 is 0.886 bits per heavy atom. The van der Waals surface area contributed by atoms with Gasteiger partial charge in [0, 0.05) is 47.2 Å². The van der Waals surface area contributed by atoms with Crippen LogP contribution in [0.1, 0.15) is 50.7 Å². The van der Waals surface area contributed by atoms with Crippen LogP contribution in [0.5, 0.6) is 11.5 Å². The lowest BCUT2D eigenvalue weighted by Gasteiger charge is -2.48. The lowest BCUT2D eigenvalue weighted by Crippen LogP contribution is -2.52. The molecule has 0 radical (unpaired) electrons. The molecule has 1 aliphatic rings. The summed E-state index contributed by atoms with van der Waals surface area (Å²) in [6.45, 7) is 5.27. The average molecular weight is 701 g/mol. The Morgan fingerprint density at radius 2 is 0.705 bits per heavy atom. The first kappa shape index (κ1) is 35.4. The summed E-state index contributed by atoms with van der Waals surface area (Å²) in [7, 11) is -16.2. The fourth-order valence-electron chi connectivity index (χ4n) is 4.68. The maximum Gasteiger partial charge on any atom is 0.232 e. The van der Waals surface area contributed by atoms with Crippen LogP contribution < -0.4 is 18.9 Å². The molecule has 0 saturated heterocycles. The van der Waals surface area contributed by atoms with E-state index in [1.807, 2.05) is 0 Å². The number of nitrogens with one attached hydrogen (secondary N) is 4. The van der Waals surface area contributed by atoms with Gasteiger partial charge in [-0.3, -0.25) is 18.9 Å². The van der Waals surface area contributed by atoms with E-state index < -0.39 is 98.6 Å². The van der Waals surface area contributed by atoms with Gasteiger partial charge in [0.05, 0.1) is 58.0 Å². The molecule has 0 unspecified atom stereocenters. The van der Waals surface area contributed by atoms with Crippen molar-refractivity contribution in [2.45, 2.75) is 51.7 Å². The average Bonchev–Trinajstić information content (AvgIpc) is 2.91. The largest absolute Gasteiger partial charge is 0.508 e. The molecule has 0 bridgehead atoms. The lowest BCUT2D eigenvalue weighted by atomic mass is 9.62. The van der Waals surface area contributed by atoms with E-state index in [0.29, 0.717) is 0 Å². The summed E-state index contributed by atoms with van der Waals surface area (Å²) in [4.78, 5) is 0. The number of aliphatic hydroxyl groups excluding tert-OH is 2. The molecule has 0 spiro atoms. The number of aliphatic hydroxyl groups is 2. The van der Waals surface area contributed by atoms with Gasteiger partial charge in [-0.2, -0.15) is 0 Å². The van der Waals surface area contributed by atoms with Crippen LogP contribution in [0.15, 0.2) is 24.3 Å². The Hall–Kier alpha value is -3.04. The highest BCUT2D eigenvalue weighted by Gasteiger charge is 2.54. The van der Waals surface area contributed by atoms with E-state index in [4.69, 9.17) is 0 Å². The molecule has 20 heteroatoms. The van der Waals surface area contributed by atoms with E-state index in [-0.39, 0.29) is 33.9 Å². The van der Waals surface area contributed by atoms with Crippen LogP contribution in [0.4, 0.5) is 22.7 Å². The Labute approximate surface area is 256 Å². The summed E-state index contributed by atoms with van der Waals surface area (Å²) in [5.41, 5.74) is -1.89. The van der Waals surface area contributed by atoms with Gasteiger partial charge in [0.25, 0.3) is 0 Å². The minimum atomic E-state index is -4.04. The third kappa shape index (κ3) is 7.78. The molecule has 1 saturated carbocycles. The summed E-state index contributed by atoms with van der Waals surface area (Å²) in [6, 6.07) is 3.84. The zero-order valence-corrected chi connectivity index (χ0v) is 27.4. The highest BCUT2D eigenvalue weighted by atomic mass is 32.2. The molecule has 44 heavy (non-hydrogen) atoms. The third-order valence-corrected chi connectivity index (χ3v) is 12.2. The van der Waals surface area contributed by atoms with Crippen molar-refractivity contribution in [2.24, 2.45) is 0 Å². The van der Waals surface area contributed by atoms with Gasteiger partial charge in [0.2, 0.25) is 40.1 Å². The normalized spacial score (nSPS) is 20.9. The number of phenolic OH excluding ortho intramolecular Hbond substituents is 2. The van der Waals surface area contributed by atoms with Crippen LogP contribution in [0.2, 0.25) is 0 Å².